The SMILES string of the molecule is C[C@@H](CO)OCc1ccc(Br)cc1. The van der Waals surface area contributed by atoms with Crippen molar-refractivity contribution in [2.24, 2.45) is 0 Å². The molecule has 0 aliphatic carbocycles. The van der Waals surface area contributed by atoms with Gasteiger partial charge in [0, 0.05) is 4.47 Å². The second-order valence-corrected chi connectivity index (χ2v) is 3.85. The molecule has 13 heavy (non-hydrogen) atoms. The summed E-state index contributed by atoms with van der Waals surface area (Å²) in [4.78, 5) is 0. The molecular weight excluding hydrogens is 232 g/mol. The van der Waals surface area contributed by atoms with E-state index in [1.165, 1.54) is 0 Å². The smallest absolute Gasteiger partial charge is 0.0782 e. The molecule has 0 saturated carbocycles. The van der Waals surface area contributed by atoms with E-state index in [-0.39, 0.29) is 12.7 Å². The zero-order chi connectivity index (χ0) is 9.68. The summed E-state index contributed by atoms with van der Waals surface area (Å²) >= 11 is 3.36. The Balaban J connectivity index is 2.41. The molecule has 0 heterocycles. The Labute approximate surface area is 86.7 Å². The monoisotopic (exact) mass is 244 g/mol. The van der Waals surface area contributed by atoms with Gasteiger partial charge in [-0.2, -0.15) is 0 Å². The van der Waals surface area contributed by atoms with Crippen molar-refractivity contribution in [2.45, 2.75) is 19.6 Å². The molecule has 1 N–H and O–H groups in total. The molecule has 1 aromatic rings. The predicted octanol–water partition coefficient (Wildman–Crippen LogP) is 2.35. The number of benzene rings is 1. The van der Waals surface area contributed by atoms with E-state index in [1.807, 2.05) is 31.2 Å². The van der Waals surface area contributed by atoms with E-state index in [4.69, 9.17) is 9.84 Å². The minimum absolute atomic E-state index is 0.0660. The van der Waals surface area contributed by atoms with Crippen LogP contribution in [0.1, 0.15) is 12.5 Å². The Kier molecular flexibility index (Phi) is 4.42. The van der Waals surface area contributed by atoms with E-state index < -0.39 is 0 Å². The number of aliphatic hydroxyl groups is 1. The van der Waals surface area contributed by atoms with Crippen LogP contribution >= 0.6 is 15.9 Å². The fraction of sp³-hybridized carbons (Fsp3) is 0.400. The summed E-state index contributed by atoms with van der Waals surface area (Å²) in [5.74, 6) is 0. The van der Waals surface area contributed by atoms with Gasteiger partial charge in [-0.25, -0.2) is 0 Å². The molecule has 1 rings (SSSR count). The molecule has 0 aliphatic heterocycles. The van der Waals surface area contributed by atoms with Gasteiger partial charge in [0.25, 0.3) is 0 Å². The van der Waals surface area contributed by atoms with Gasteiger partial charge in [-0.3, -0.25) is 0 Å². The quantitative estimate of drug-likeness (QED) is 0.882. The Bertz CT molecular complexity index is 246. The largest absolute Gasteiger partial charge is 0.394 e. The van der Waals surface area contributed by atoms with Crippen molar-refractivity contribution >= 4 is 15.9 Å². The molecule has 0 bridgehead atoms. The van der Waals surface area contributed by atoms with Crippen LogP contribution in [0, 0.1) is 0 Å². The van der Waals surface area contributed by atoms with Crippen LogP contribution in [0.25, 0.3) is 0 Å². The van der Waals surface area contributed by atoms with Crippen LogP contribution < -0.4 is 0 Å². The summed E-state index contributed by atoms with van der Waals surface area (Å²) in [6.45, 7) is 2.46. The molecule has 72 valence electrons. The Morgan fingerprint density at radius 3 is 2.54 bits per heavy atom. The molecule has 3 heteroatoms. The number of hydrogen-bond acceptors (Lipinski definition) is 2. The predicted molar refractivity (Wildman–Crippen MR) is 55.5 cm³/mol. The van der Waals surface area contributed by atoms with Gasteiger partial charge in [0.05, 0.1) is 19.3 Å². The third-order valence-corrected chi connectivity index (χ3v) is 2.23. The number of aliphatic hydroxyl groups excluding tert-OH is 1. The summed E-state index contributed by atoms with van der Waals surface area (Å²) in [7, 11) is 0. The van der Waals surface area contributed by atoms with Crippen LogP contribution in [-0.2, 0) is 11.3 Å². The molecule has 0 amide bonds. The minimum Gasteiger partial charge on any atom is -0.394 e. The number of rotatable bonds is 4. The van der Waals surface area contributed by atoms with Crippen molar-refractivity contribution in [3.63, 3.8) is 0 Å². The van der Waals surface area contributed by atoms with Crippen molar-refractivity contribution in [3.05, 3.63) is 34.3 Å². The van der Waals surface area contributed by atoms with Gasteiger partial charge in [-0.05, 0) is 24.6 Å². The van der Waals surface area contributed by atoms with Gasteiger partial charge >= 0.3 is 0 Å². The highest BCUT2D eigenvalue weighted by Gasteiger charge is 1.99. The van der Waals surface area contributed by atoms with Gasteiger partial charge in [-0.1, -0.05) is 28.1 Å². The molecule has 0 fully saturated rings. The molecule has 1 aromatic carbocycles. The zero-order valence-electron chi connectivity index (χ0n) is 7.53. The molecule has 0 radical (unpaired) electrons. The van der Waals surface area contributed by atoms with Crippen LogP contribution in [0.4, 0.5) is 0 Å². The summed E-state index contributed by atoms with van der Waals surface area (Å²) in [6, 6.07) is 7.94. The topological polar surface area (TPSA) is 29.5 Å². The van der Waals surface area contributed by atoms with Crippen molar-refractivity contribution < 1.29 is 9.84 Å². The number of halogens is 1. The second-order valence-electron chi connectivity index (χ2n) is 2.93. The lowest BCUT2D eigenvalue weighted by atomic mass is 10.2. The molecular formula is C10H13BrO2. The Morgan fingerprint density at radius 2 is 2.00 bits per heavy atom. The standard InChI is InChI=1S/C10H13BrO2/c1-8(6-12)13-7-9-2-4-10(11)5-3-9/h2-5,8,12H,6-7H2,1H3/t8-/m0/s1. The fourth-order valence-electron chi connectivity index (χ4n) is 0.872. The van der Waals surface area contributed by atoms with Gasteiger partial charge in [0.1, 0.15) is 0 Å². The lowest BCUT2D eigenvalue weighted by Crippen LogP contribution is -2.12. The van der Waals surface area contributed by atoms with Crippen LogP contribution in [0.2, 0.25) is 0 Å². The van der Waals surface area contributed by atoms with Gasteiger partial charge in [0.15, 0.2) is 0 Å². The lowest BCUT2D eigenvalue weighted by molar-refractivity contribution is 0.0145. The van der Waals surface area contributed by atoms with E-state index in [2.05, 4.69) is 15.9 Å². The normalized spacial score (nSPS) is 12.8. The van der Waals surface area contributed by atoms with E-state index in [0.29, 0.717) is 6.61 Å². The lowest BCUT2D eigenvalue weighted by Gasteiger charge is -2.09. The summed E-state index contributed by atoms with van der Waals surface area (Å²) in [6.07, 6.45) is -0.0938. The maximum absolute atomic E-state index is 8.72. The first kappa shape index (κ1) is 10.7. The average molecular weight is 245 g/mol. The first-order valence-electron chi connectivity index (χ1n) is 4.19. The highest BCUT2D eigenvalue weighted by Crippen LogP contribution is 2.11. The maximum atomic E-state index is 8.72. The maximum Gasteiger partial charge on any atom is 0.0782 e. The van der Waals surface area contributed by atoms with Crippen molar-refractivity contribution in [1.82, 2.24) is 0 Å². The molecule has 2 nitrogen and oxygen atoms in total. The highest BCUT2D eigenvalue weighted by atomic mass is 79.9. The van der Waals surface area contributed by atoms with Crippen LogP contribution in [0.15, 0.2) is 28.7 Å². The third-order valence-electron chi connectivity index (χ3n) is 1.70. The van der Waals surface area contributed by atoms with Crippen LogP contribution in [0.5, 0.6) is 0 Å². The van der Waals surface area contributed by atoms with E-state index in [0.717, 1.165) is 10.0 Å². The van der Waals surface area contributed by atoms with Gasteiger partial charge in [-0.15, -0.1) is 0 Å². The first-order valence-corrected chi connectivity index (χ1v) is 4.98. The second kappa shape index (κ2) is 5.37. The first-order chi connectivity index (χ1) is 6.22. The van der Waals surface area contributed by atoms with E-state index in [9.17, 15) is 0 Å². The number of ether oxygens (including phenoxy) is 1. The van der Waals surface area contributed by atoms with Crippen LogP contribution in [0.3, 0.4) is 0 Å². The molecule has 0 spiro atoms. The van der Waals surface area contributed by atoms with Crippen molar-refractivity contribution in [3.8, 4) is 0 Å². The molecule has 0 saturated heterocycles. The molecule has 0 unspecified atom stereocenters. The Morgan fingerprint density at radius 1 is 1.38 bits per heavy atom. The molecule has 1 atom stereocenters. The van der Waals surface area contributed by atoms with Gasteiger partial charge < -0.3 is 9.84 Å². The zero-order valence-corrected chi connectivity index (χ0v) is 9.12. The van der Waals surface area contributed by atoms with Crippen molar-refractivity contribution in [1.29, 1.82) is 0 Å². The summed E-state index contributed by atoms with van der Waals surface area (Å²) in [5, 5.41) is 8.72. The molecule has 0 aromatic heterocycles. The van der Waals surface area contributed by atoms with E-state index in [1.54, 1.807) is 0 Å². The highest BCUT2D eigenvalue weighted by molar-refractivity contribution is 9.10. The van der Waals surface area contributed by atoms with Gasteiger partial charge in [0.2, 0.25) is 0 Å². The fourth-order valence-corrected chi connectivity index (χ4v) is 1.14. The third kappa shape index (κ3) is 3.89. The van der Waals surface area contributed by atoms with Crippen molar-refractivity contribution in [2.75, 3.05) is 6.61 Å². The molecule has 0 aliphatic rings. The Hall–Kier alpha value is -0.380. The van der Waals surface area contributed by atoms with Crippen LogP contribution in [-0.4, -0.2) is 17.8 Å². The summed E-state index contributed by atoms with van der Waals surface area (Å²) < 4.78 is 6.41. The average Bonchev–Trinajstić information content (AvgIpc) is 2.16. The number of hydrogen-bond donors (Lipinski definition) is 1. The minimum atomic E-state index is -0.0938. The van der Waals surface area contributed by atoms with E-state index >= 15 is 0 Å². The summed E-state index contributed by atoms with van der Waals surface area (Å²) in [5.41, 5.74) is 1.11.